The lowest BCUT2D eigenvalue weighted by Gasteiger charge is -2.14. The molecule has 0 aromatic heterocycles. The lowest BCUT2D eigenvalue weighted by atomic mass is 10.2. The monoisotopic (exact) mass is 309 g/mol. The number of ether oxygens (including phenoxy) is 1. The summed E-state index contributed by atoms with van der Waals surface area (Å²) in [4.78, 5) is 39.7. The highest BCUT2D eigenvalue weighted by Crippen LogP contribution is 1.97. The molecule has 0 spiro atoms. The van der Waals surface area contributed by atoms with E-state index in [2.05, 4.69) is 15.0 Å². The van der Waals surface area contributed by atoms with Crippen molar-refractivity contribution in [2.24, 2.45) is 5.92 Å². The molecule has 122 valence electrons. The van der Waals surface area contributed by atoms with Crippen LogP contribution in [0.25, 0.3) is 0 Å². The van der Waals surface area contributed by atoms with E-state index in [9.17, 15) is 25.0 Å². The minimum atomic E-state index is -1.23. The third-order valence-corrected chi connectivity index (χ3v) is 2.09. The van der Waals surface area contributed by atoms with Crippen LogP contribution in [0.15, 0.2) is 0 Å². The van der Waals surface area contributed by atoms with Crippen molar-refractivity contribution >= 4 is 5.91 Å². The summed E-state index contributed by atoms with van der Waals surface area (Å²) in [6, 6.07) is 0. The maximum atomic E-state index is 11.3. The highest BCUT2D eigenvalue weighted by atomic mass is 17.0. The molecular weight excluding hydrogens is 290 g/mol. The Morgan fingerprint density at radius 1 is 1.19 bits per heavy atom. The Balaban J connectivity index is 3.88. The van der Waals surface area contributed by atoms with Crippen molar-refractivity contribution in [3.8, 4) is 0 Å². The van der Waals surface area contributed by atoms with Gasteiger partial charge in [-0.15, -0.1) is 20.2 Å². The highest BCUT2D eigenvalue weighted by molar-refractivity contribution is 5.75. The van der Waals surface area contributed by atoms with Crippen molar-refractivity contribution in [2.75, 3.05) is 26.4 Å². The maximum absolute atomic E-state index is 11.3. The van der Waals surface area contributed by atoms with E-state index in [0.29, 0.717) is 12.5 Å². The minimum absolute atomic E-state index is 0.0139. The van der Waals surface area contributed by atoms with Crippen molar-refractivity contribution in [1.82, 2.24) is 5.32 Å². The quantitative estimate of drug-likeness (QED) is 0.300. The fourth-order valence-electron chi connectivity index (χ4n) is 1.16. The summed E-state index contributed by atoms with van der Waals surface area (Å²) >= 11 is 0. The molecule has 0 heterocycles. The molecule has 1 amide bonds. The minimum Gasteiger partial charge on any atom is -0.379 e. The molecule has 0 bridgehead atoms. The molecule has 1 atom stereocenters. The first-order valence-electron chi connectivity index (χ1n) is 6.24. The van der Waals surface area contributed by atoms with Crippen molar-refractivity contribution in [3.05, 3.63) is 20.2 Å². The standard InChI is InChI=1S/C10H19N3O8/c1-8(2)5-11-10(14)3-4-19-6-9(21-13(17)18)7-20-12(15)16/h8-9H,3-7H2,1-2H3,(H,11,14). The lowest BCUT2D eigenvalue weighted by molar-refractivity contribution is -0.790. The SMILES string of the molecule is CC(C)CNC(=O)CCOCC(CO[N+](=O)[O-])O[N+](=O)[O-]. The van der Waals surface area contributed by atoms with Crippen LogP contribution in [-0.2, 0) is 19.2 Å². The normalized spacial score (nSPS) is 11.8. The van der Waals surface area contributed by atoms with Gasteiger partial charge in [0.25, 0.3) is 10.2 Å². The summed E-state index contributed by atoms with van der Waals surface area (Å²) in [5.74, 6) is 0.115. The van der Waals surface area contributed by atoms with Gasteiger partial charge in [0.1, 0.15) is 6.61 Å². The first-order chi connectivity index (χ1) is 9.81. The molecule has 0 aliphatic heterocycles. The average molecular weight is 309 g/mol. The topological polar surface area (TPSA) is 143 Å². The van der Waals surface area contributed by atoms with Gasteiger partial charge in [0.2, 0.25) is 5.91 Å². The van der Waals surface area contributed by atoms with E-state index < -0.39 is 22.9 Å². The van der Waals surface area contributed by atoms with Gasteiger partial charge in [-0.05, 0) is 5.92 Å². The molecule has 11 heteroatoms. The predicted molar refractivity (Wildman–Crippen MR) is 68.1 cm³/mol. The number of hydrogen-bond acceptors (Lipinski definition) is 8. The van der Waals surface area contributed by atoms with Gasteiger partial charge in [0.05, 0.1) is 13.2 Å². The zero-order valence-electron chi connectivity index (χ0n) is 11.9. The van der Waals surface area contributed by atoms with Gasteiger partial charge >= 0.3 is 0 Å². The van der Waals surface area contributed by atoms with Gasteiger partial charge in [-0.2, -0.15) is 0 Å². The second-order valence-corrected chi connectivity index (χ2v) is 4.49. The summed E-state index contributed by atoms with van der Waals surface area (Å²) < 4.78 is 5.01. The van der Waals surface area contributed by atoms with E-state index in [1.54, 1.807) is 0 Å². The maximum Gasteiger partial charge on any atom is 0.294 e. The first-order valence-corrected chi connectivity index (χ1v) is 6.24. The van der Waals surface area contributed by atoms with Gasteiger partial charge < -0.3 is 19.7 Å². The number of rotatable bonds is 12. The van der Waals surface area contributed by atoms with Crippen molar-refractivity contribution in [1.29, 1.82) is 0 Å². The molecular formula is C10H19N3O8. The van der Waals surface area contributed by atoms with E-state index in [4.69, 9.17) is 4.74 Å². The molecule has 0 saturated heterocycles. The summed E-state index contributed by atoms with van der Waals surface area (Å²) in [7, 11) is 0. The molecule has 0 fully saturated rings. The Morgan fingerprint density at radius 3 is 2.38 bits per heavy atom. The Bertz CT molecular complexity index is 349. The van der Waals surface area contributed by atoms with Crippen LogP contribution in [0, 0.1) is 26.1 Å². The molecule has 0 aromatic carbocycles. The van der Waals surface area contributed by atoms with Crippen LogP contribution in [0.5, 0.6) is 0 Å². The molecule has 0 radical (unpaired) electrons. The number of carbonyl (C=O) groups excluding carboxylic acids is 1. The van der Waals surface area contributed by atoms with Crippen LogP contribution in [-0.4, -0.2) is 48.5 Å². The van der Waals surface area contributed by atoms with Gasteiger partial charge in [0, 0.05) is 13.0 Å². The number of hydrogen-bond donors (Lipinski definition) is 1. The predicted octanol–water partition coefficient (Wildman–Crippen LogP) is -0.0495. The Hall–Kier alpha value is -2.17. The number of carbonyl (C=O) groups is 1. The smallest absolute Gasteiger partial charge is 0.294 e. The van der Waals surface area contributed by atoms with E-state index in [0.717, 1.165) is 0 Å². The molecule has 1 unspecified atom stereocenters. The van der Waals surface area contributed by atoms with E-state index in [-0.39, 0.29) is 25.5 Å². The number of amides is 1. The van der Waals surface area contributed by atoms with Crippen molar-refractivity contribution in [2.45, 2.75) is 26.4 Å². The molecule has 0 aliphatic carbocycles. The molecule has 0 rings (SSSR count). The third kappa shape index (κ3) is 12.6. The van der Waals surface area contributed by atoms with E-state index in [1.165, 1.54) is 0 Å². The molecule has 1 N–H and O–H groups in total. The van der Waals surface area contributed by atoms with Crippen LogP contribution in [0.3, 0.4) is 0 Å². The first kappa shape index (κ1) is 18.8. The van der Waals surface area contributed by atoms with E-state index >= 15 is 0 Å². The second kappa shape index (κ2) is 10.6. The highest BCUT2D eigenvalue weighted by Gasteiger charge is 2.16. The number of nitrogens with zero attached hydrogens (tertiary/aromatic N) is 2. The lowest BCUT2D eigenvalue weighted by Crippen LogP contribution is -2.31. The molecule has 21 heavy (non-hydrogen) atoms. The van der Waals surface area contributed by atoms with Gasteiger partial charge in [-0.1, -0.05) is 13.8 Å². The van der Waals surface area contributed by atoms with Gasteiger partial charge in [-0.3, -0.25) is 4.79 Å². The zero-order valence-corrected chi connectivity index (χ0v) is 11.9. The average Bonchev–Trinajstić information content (AvgIpc) is 2.37. The molecule has 0 saturated carbocycles. The molecule has 0 aromatic rings. The molecule has 0 aliphatic rings. The second-order valence-electron chi connectivity index (χ2n) is 4.49. The van der Waals surface area contributed by atoms with E-state index in [1.807, 2.05) is 13.8 Å². The summed E-state index contributed by atoms with van der Waals surface area (Å²) in [5, 5.41) is 20.7. The summed E-state index contributed by atoms with van der Waals surface area (Å²) in [5.41, 5.74) is 0. The fraction of sp³-hybridized carbons (Fsp3) is 0.900. The van der Waals surface area contributed by atoms with Crippen LogP contribution in [0.2, 0.25) is 0 Å². The number of nitrogens with one attached hydrogen (secondary N) is 1. The summed E-state index contributed by atoms with van der Waals surface area (Å²) in [6.45, 7) is 3.53. The van der Waals surface area contributed by atoms with Crippen molar-refractivity contribution in [3.63, 3.8) is 0 Å². The van der Waals surface area contributed by atoms with Gasteiger partial charge in [-0.25, -0.2) is 0 Å². The van der Waals surface area contributed by atoms with Crippen LogP contribution < -0.4 is 5.32 Å². The Kier molecular flexibility index (Phi) is 9.50. The Morgan fingerprint density at radius 2 is 1.86 bits per heavy atom. The zero-order chi connectivity index (χ0) is 16.3. The molecule has 11 nitrogen and oxygen atoms in total. The Labute approximate surface area is 120 Å². The van der Waals surface area contributed by atoms with Crippen LogP contribution in [0.1, 0.15) is 20.3 Å². The van der Waals surface area contributed by atoms with Gasteiger partial charge in [0.15, 0.2) is 6.10 Å². The largest absolute Gasteiger partial charge is 0.379 e. The summed E-state index contributed by atoms with van der Waals surface area (Å²) in [6.07, 6.45) is -1.15. The van der Waals surface area contributed by atoms with Crippen LogP contribution >= 0.6 is 0 Å². The third-order valence-electron chi connectivity index (χ3n) is 2.09. The van der Waals surface area contributed by atoms with Crippen LogP contribution in [0.4, 0.5) is 0 Å². The van der Waals surface area contributed by atoms with Crippen molar-refractivity contribution < 1.29 is 29.4 Å². The fourth-order valence-corrected chi connectivity index (χ4v) is 1.16.